The van der Waals surface area contributed by atoms with Gasteiger partial charge < -0.3 is 20.3 Å². The van der Waals surface area contributed by atoms with E-state index in [0.717, 1.165) is 0 Å². The molecule has 1 aromatic carbocycles. The number of rotatable bonds is 0. The topological polar surface area (TPSA) is 93.6 Å². The summed E-state index contributed by atoms with van der Waals surface area (Å²) in [6.45, 7) is 0. The summed E-state index contributed by atoms with van der Waals surface area (Å²) in [5, 5.41) is 27.7. The van der Waals surface area contributed by atoms with Gasteiger partial charge in [-0.15, -0.1) is 0 Å². The van der Waals surface area contributed by atoms with Gasteiger partial charge in [0.15, 0.2) is 16.9 Å². The second kappa shape index (κ2) is 2.66. The van der Waals surface area contributed by atoms with Crippen LogP contribution in [0.2, 0.25) is 0 Å². The molecule has 0 aliphatic carbocycles. The van der Waals surface area contributed by atoms with Crippen LogP contribution in [-0.4, -0.2) is 20.3 Å². The molecule has 5 nitrogen and oxygen atoms in total. The van der Waals surface area contributed by atoms with E-state index in [1.165, 1.54) is 18.3 Å². The second-order valence-electron chi connectivity index (χ2n) is 2.86. The first-order valence-electron chi connectivity index (χ1n) is 3.86. The molecule has 5 heteroatoms. The highest BCUT2D eigenvalue weighted by Crippen LogP contribution is 2.38. The standard InChI is InChI=1S/C9H7NO4/c11-5-1-2-10-4-3-6(12)8(13)9(14)7(4)5/h1-3,12-14H,(H,10,11). The molecule has 1 heterocycles. The van der Waals surface area contributed by atoms with Gasteiger partial charge in [0.2, 0.25) is 5.75 Å². The van der Waals surface area contributed by atoms with E-state index in [1.54, 1.807) is 0 Å². The monoisotopic (exact) mass is 193 g/mol. The number of hydrogen-bond donors (Lipinski definition) is 4. The number of nitrogens with one attached hydrogen (secondary N) is 1. The Balaban J connectivity index is 3.07. The third-order valence-corrected chi connectivity index (χ3v) is 1.97. The van der Waals surface area contributed by atoms with E-state index in [1.807, 2.05) is 0 Å². The summed E-state index contributed by atoms with van der Waals surface area (Å²) < 4.78 is 0. The molecule has 14 heavy (non-hydrogen) atoms. The highest BCUT2D eigenvalue weighted by Gasteiger charge is 2.13. The zero-order chi connectivity index (χ0) is 10.3. The quantitative estimate of drug-likeness (QED) is 0.462. The fourth-order valence-corrected chi connectivity index (χ4v) is 1.30. The maximum atomic E-state index is 11.3. The molecule has 0 spiro atoms. The number of fused-ring (bicyclic) bond motifs is 1. The van der Waals surface area contributed by atoms with Crippen LogP contribution in [0.1, 0.15) is 0 Å². The van der Waals surface area contributed by atoms with Gasteiger partial charge in [-0.05, 0) is 0 Å². The van der Waals surface area contributed by atoms with E-state index in [0.29, 0.717) is 0 Å². The fraction of sp³-hybridized carbons (Fsp3) is 0. The van der Waals surface area contributed by atoms with Gasteiger partial charge >= 0.3 is 0 Å². The third-order valence-electron chi connectivity index (χ3n) is 1.97. The molecule has 0 atom stereocenters. The molecular weight excluding hydrogens is 186 g/mol. The van der Waals surface area contributed by atoms with Crippen LogP contribution < -0.4 is 5.43 Å². The molecule has 2 rings (SSSR count). The van der Waals surface area contributed by atoms with Gasteiger partial charge in [0, 0.05) is 18.3 Å². The number of phenols is 3. The van der Waals surface area contributed by atoms with Gasteiger partial charge in [-0.2, -0.15) is 0 Å². The molecule has 2 aromatic rings. The summed E-state index contributed by atoms with van der Waals surface area (Å²) >= 11 is 0. The van der Waals surface area contributed by atoms with Crippen molar-refractivity contribution in [2.45, 2.75) is 0 Å². The average Bonchev–Trinajstić information content (AvgIpc) is 2.14. The number of aromatic hydroxyl groups is 3. The number of aromatic nitrogens is 1. The molecule has 0 aliphatic rings. The Morgan fingerprint density at radius 3 is 2.57 bits per heavy atom. The van der Waals surface area contributed by atoms with E-state index in [9.17, 15) is 15.0 Å². The van der Waals surface area contributed by atoms with Crippen molar-refractivity contribution in [3.8, 4) is 17.2 Å². The number of pyridine rings is 1. The molecule has 0 saturated heterocycles. The predicted molar refractivity (Wildman–Crippen MR) is 49.6 cm³/mol. The van der Waals surface area contributed by atoms with Crippen LogP contribution in [0.15, 0.2) is 23.1 Å². The second-order valence-corrected chi connectivity index (χ2v) is 2.86. The highest BCUT2D eigenvalue weighted by molar-refractivity contribution is 5.89. The highest BCUT2D eigenvalue weighted by atomic mass is 16.3. The van der Waals surface area contributed by atoms with Crippen molar-refractivity contribution in [1.29, 1.82) is 0 Å². The number of phenolic OH excluding ortho intramolecular Hbond substituents is 3. The molecule has 0 bridgehead atoms. The number of hydrogen-bond acceptors (Lipinski definition) is 4. The van der Waals surface area contributed by atoms with Crippen LogP contribution >= 0.6 is 0 Å². The van der Waals surface area contributed by atoms with Crippen molar-refractivity contribution in [3.05, 3.63) is 28.6 Å². The lowest BCUT2D eigenvalue weighted by molar-refractivity contribution is 0.371. The Hall–Kier alpha value is -2.17. The van der Waals surface area contributed by atoms with E-state index in [4.69, 9.17) is 5.11 Å². The molecule has 0 saturated carbocycles. The van der Waals surface area contributed by atoms with Gasteiger partial charge in [0.1, 0.15) is 0 Å². The average molecular weight is 193 g/mol. The van der Waals surface area contributed by atoms with Crippen LogP contribution in [0.5, 0.6) is 17.2 Å². The summed E-state index contributed by atoms with van der Waals surface area (Å²) in [5.41, 5.74) is -0.156. The first kappa shape index (κ1) is 8.43. The molecule has 72 valence electrons. The van der Waals surface area contributed by atoms with Crippen molar-refractivity contribution in [3.63, 3.8) is 0 Å². The van der Waals surface area contributed by atoms with Crippen LogP contribution in [0.4, 0.5) is 0 Å². The maximum absolute atomic E-state index is 11.3. The summed E-state index contributed by atoms with van der Waals surface area (Å²) in [6, 6.07) is 2.39. The maximum Gasteiger partial charge on any atom is 0.201 e. The van der Waals surface area contributed by atoms with Crippen molar-refractivity contribution >= 4 is 10.9 Å². The van der Waals surface area contributed by atoms with E-state index < -0.39 is 22.7 Å². The third kappa shape index (κ3) is 0.990. The Labute approximate surface area is 77.9 Å². The van der Waals surface area contributed by atoms with E-state index >= 15 is 0 Å². The van der Waals surface area contributed by atoms with Crippen LogP contribution in [-0.2, 0) is 0 Å². The normalized spacial score (nSPS) is 10.6. The first-order valence-corrected chi connectivity index (χ1v) is 3.86. The van der Waals surface area contributed by atoms with Gasteiger partial charge in [-0.25, -0.2) is 0 Å². The minimum absolute atomic E-state index is 0.0391. The minimum atomic E-state index is -0.686. The zero-order valence-corrected chi connectivity index (χ0v) is 6.98. The smallest absolute Gasteiger partial charge is 0.201 e. The SMILES string of the molecule is O=c1cc[nH]c2cc(O)c(O)c(O)c12. The lowest BCUT2D eigenvalue weighted by atomic mass is 10.1. The van der Waals surface area contributed by atoms with E-state index in [2.05, 4.69) is 4.98 Å². The van der Waals surface area contributed by atoms with Crippen molar-refractivity contribution in [2.24, 2.45) is 0 Å². The van der Waals surface area contributed by atoms with Crippen molar-refractivity contribution < 1.29 is 15.3 Å². The van der Waals surface area contributed by atoms with Crippen LogP contribution in [0.3, 0.4) is 0 Å². The summed E-state index contributed by atoms with van der Waals surface area (Å²) in [7, 11) is 0. The fourth-order valence-electron chi connectivity index (χ4n) is 1.30. The van der Waals surface area contributed by atoms with Crippen molar-refractivity contribution in [2.75, 3.05) is 0 Å². The minimum Gasteiger partial charge on any atom is -0.504 e. The largest absolute Gasteiger partial charge is 0.504 e. The van der Waals surface area contributed by atoms with Gasteiger partial charge in [-0.3, -0.25) is 4.79 Å². The zero-order valence-electron chi connectivity index (χ0n) is 6.98. The molecule has 0 amide bonds. The predicted octanol–water partition coefficient (Wildman–Crippen LogP) is 0.645. The lowest BCUT2D eigenvalue weighted by Crippen LogP contribution is -2.00. The Morgan fingerprint density at radius 1 is 1.14 bits per heavy atom. The molecule has 1 aromatic heterocycles. The Morgan fingerprint density at radius 2 is 1.86 bits per heavy atom. The molecule has 0 radical (unpaired) electrons. The van der Waals surface area contributed by atoms with Crippen molar-refractivity contribution in [1.82, 2.24) is 4.98 Å². The molecule has 0 aliphatic heterocycles. The van der Waals surface area contributed by atoms with Gasteiger partial charge in [0.05, 0.1) is 10.9 Å². The van der Waals surface area contributed by atoms with E-state index in [-0.39, 0.29) is 10.9 Å². The molecule has 0 unspecified atom stereocenters. The summed E-state index contributed by atoms with van der Waals surface area (Å²) in [5.74, 6) is -1.77. The molecule has 0 fully saturated rings. The van der Waals surface area contributed by atoms with Crippen LogP contribution in [0.25, 0.3) is 10.9 Å². The molecular formula is C9H7NO4. The lowest BCUT2D eigenvalue weighted by Gasteiger charge is -2.04. The molecule has 4 N–H and O–H groups in total. The Kier molecular flexibility index (Phi) is 1.60. The summed E-state index contributed by atoms with van der Waals surface area (Å²) in [6.07, 6.45) is 1.39. The summed E-state index contributed by atoms with van der Waals surface area (Å²) in [4.78, 5) is 14.0. The number of aromatic amines is 1. The number of benzene rings is 1. The first-order chi connectivity index (χ1) is 6.61. The Bertz CT molecular complexity index is 558. The van der Waals surface area contributed by atoms with Gasteiger partial charge in [-0.1, -0.05) is 0 Å². The number of H-pyrrole nitrogens is 1. The van der Waals surface area contributed by atoms with Gasteiger partial charge in [0.25, 0.3) is 0 Å². The van der Waals surface area contributed by atoms with Crippen LogP contribution in [0, 0.1) is 0 Å².